The molecule has 0 aromatic rings. The van der Waals surface area contributed by atoms with Gasteiger partial charge in [-0.15, -0.1) is 0 Å². The summed E-state index contributed by atoms with van der Waals surface area (Å²) in [7, 11) is 0. The van der Waals surface area contributed by atoms with Crippen molar-refractivity contribution in [1.29, 1.82) is 0 Å². The van der Waals surface area contributed by atoms with Crippen LogP contribution in [0.4, 0.5) is 0 Å². The van der Waals surface area contributed by atoms with Crippen molar-refractivity contribution in [2.75, 3.05) is 0 Å². The predicted octanol–water partition coefficient (Wildman–Crippen LogP) is 3.41. The molecule has 206 valence electrons. The van der Waals surface area contributed by atoms with Gasteiger partial charge in [-0.3, -0.25) is 9.59 Å². The summed E-state index contributed by atoms with van der Waals surface area (Å²) in [4.78, 5) is 27.4. The molecule has 2 fully saturated rings. The summed E-state index contributed by atoms with van der Waals surface area (Å²) < 4.78 is 0. The lowest BCUT2D eigenvalue weighted by molar-refractivity contribution is -0.179. The highest BCUT2D eigenvalue weighted by molar-refractivity contribution is 5.97. The second-order valence-electron chi connectivity index (χ2n) is 14.1. The van der Waals surface area contributed by atoms with Gasteiger partial charge in [0, 0.05) is 29.1 Å². The van der Waals surface area contributed by atoms with Gasteiger partial charge in [-0.25, -0.2) is 0 Å². The van der Waals surface area contributed by atoms with Gasteiger partial charge in [-0.05, 0) is 62.5 Å². The van der Waals surface area contributed by atoms with E-state index in [1.54, 1.807) is 6.08 Å². The first-order valence-electron chi connectivity index (χ1n) is 13.3. The summed E-state index contributed by atoms with van der Waals surface area (Å²) in [5.41, 5.74) is -5.35. The molecule has 0 amide bonds. The zero-order valence-corrected chi connectivity index (χ0v) is 23.4. The molecule has 7 heteroatoms. The number of carbonyl (C=O) groups excluding carboxylic acids is 2. The number of ketones is 2. The van der Waals surface area contributed by atoms with E-state index in [-0.39, 0.29) is 23.9 Å². The first-order chi connectivity index (χ1) is 16.7. The SMILES string of the molecule is CC(C)(O)C=CC(=O)C(C)(O)C1C(O)CC2(C)C3CC=C4C(C=C(O)C(O)C4(C)C)C3(C)C(=O)CC12C. The van der Waals surface area contributed by atoms with E-state index in [1.807, 2.05) is 27.7 Å². The van der Waals surface area contributed by atoms with Crippen LogP contribution in [0.25, 0.3) is 0 Å². The molecule has 0 spiro atoms. The molecule has 0 aromatic heterocycles. The van der Waals surface area contributed by atoms with Crippen molar-refractivity contribution in [3.05, 3.63) is 35.6 Å². The number of aliphatic hydroxyl groups is 5. The molecule has 0 saturated heterocycles. The second kappa shape index (κ2) is 8.10. The molecule has 9 unspecified atom stereocenters. The van der Waals surface area contributed by atoms with Crippen LogP contribution in [-0.2, 0) is 9.59 Å². The number of allylic oxidation sites excluding steroid dienone is 2. The third-order valence-corrected chi connectivity index (χ3v) is 11.0. The zero-order chi connectivity index (χ0) is 28.1. The number of hydrogen-bond donors (Lipinski definition) is 5. The van der Waals surface area contributed by atoms with Crippen LogP contribution in [0.2, 0.25) is 0 Å². The minimum absolute atomic E-state index is 0.0290. The van der Waals surface area contributed by atoms with Crippen molar-refractivity contribution >= 4 is 11.6 Å². The van der Waals surface area contributed by atoms with Crippen LogP contribution in [0, 0.1) is 39.4 Å². The van der Waals surface area contributed by atoms with Gasteiger partial charge in [-0.2, -0.15) is 0 Å². The van der Waals surface area contributed by atoms with Crippen LogP contribution in [0.3, 0.4) is 0 Å². The van der Waals surface area contributed by atoms with Gasteiger partial charge in [-0.1, -0.05) is 52.3 Å². The van der Waals surface area contributed by atoms with Crippen LogP contribution in [0.1, 0.15) is 74.7 Å². The summed E-state index contributed by atoms with van der Waals surface area (Å²) in [5, 5.41) is 54.4. The smallest absolute Gasteiger partial charge is 0.187 e. The first kappa shape index (κ1) is 28.2. The average molecular weight is 517 g/mol. The number of Topliss-reactive ketones (excluding diaryl/α,β-unsaturated/α-hetero) is 1. The minimum atomic E-state index is -1.95. The Morgan fingerprint density at radius 3 is 2.22 bits per heavy atom. The molecule has 4 aliphatic carbocycles. The summed E-state index contributed by atoms with van der Waals surface area (Å²) >= 11 is 0. The maximum absolute atomic E-state index is 14.2. The lowest BCUT2D eigenvalue weighted by atomic mass is 9.39. The predicted molar refractivity (Wildman–Crippen MR) is 139 cm³/mol. The Hall–Kier alpha value is -1.80. The topological polar surface area (TPSA) is 135 Å². The summed E-state index contributed by atoms with van der Waals surface area (Å²) in [6.07, 6.45) is 5.07. The number of aliphatic hydroxyl groups excluding tert-OH is 3. The van der Waals surface area contributed by atoms with Crippen molar-refractivity contribution in [2.45, 2.75) is 98.1 Å². The fraction of sp³-hybridized carbons (Fsp3) is 0.733. The highest BCUT2D eigenvalue weighted by atomic mass is 16.3. The number of fused-ring (bicyclic) bond motifs is 5. The lowest BCUT2D eigenvalue weighted by Gasteiger charge is -2.64. The molecule has 5 N–H and O–H groups in total. The quantitative estimate of drug-likeness (QED) is 0.285. The Morgan fingerprint density at radius 2 is 1.65 bits per heavy atom. The second-order valence-corrected chi connectivity index (χ2v) is 14.1. The van der Waals surface area contributed by atoms with Crippen molar-refractivity contribution < 1.29 is 35.1 Å². The van der Waals surface area contributed by atoms with Gasteiger partial charge in [0.25, 0.3) is 0 Å². The van der Waals surface area contributed by atoms with Gasteiger partial charge >= 0.3 is 0 Å². The molecule has 0 heterocycles. The molecule has 0 bridgehead atoms. The zero-order valence-electron chi connectivity index (χ0n) is 23.4. The molecule has 9 atom stereocenters. The molecule has 0 radical (unpaired) electrons. The van der Waals surface area contributed by atoms with Gasteiger partial charge in [0.05, 0.1) is 11.7 Å². The Morgan fingerprint density at radius 1 is 1.05 bits per heavy atom. The van der Waals surface area contributed by atoms with Gasteiger partial charge < -0.3 is 25.5 Å². The summed E-state index contributed by atoms with van der Waals surface area (Å²) in [6.45, 7) is 14.1. The van der Waals surface area contributed by atoms with Gasteiger partial charge in [0.15, 0.2) is 5.78 Å². The van der Waals surface area contributed by atoms with E-state index in [1.165, 1.54) is 32.9 Å². The van der Waals surface area contributed by atoms with Crippen LogP contribution < -0.4 is 0 Å². The monoisotopic (exact) mass is 516 g/mol. The molecular formula is C30H44O7. The Balaban J connectivity index is 1.81. The fourth-order valence-corrected chi connectivity index (χ4v) is 8.70. The standard InChI is InChI=1S/C30H44O7/c1-25(2,36)12-11-21(33)30(8,37)23-19(32)14-27(5)20-10-9-16-17(13-18(31)24(35)26(16,3)4)29(20,7)22(34)15-28(23,27)6/h9,11-13,17,19-20,23-24,31-32,35-37H,10,14-15H2,1-8H3. The van der Waals surface area contributed by atoms with Crippen molar-refractivity contribution in [1.82, 2.24) is 0 Å². The normalized spacial score (nSPS) is 44.9. The van der Waals surface area contributed by atoms with Crippen LogP contribution in [0.15, 0.2) is 35.6 Å². The van der Waals surface area contributed by atoms with E-state index >= 15 is 0 Å². The number of rotatable bonds is 4. The number of carbonyl (C=O) groups is 2. The lowest BCUT2D eigenvalue weighted by Crippen LogP contribution is -2.64. The van der Waals surface area contributed by atoms with Crippen LogP contribution in [-0.4, -0.2) is 60.5 Å². The molecule has 2 saturated carbocycles. The Labute approximate surface area is 220 Å². The highest BCUT2D eigenvalue weighted by Crippen LogP contribution is 2.73. The largest absolute Gasteiger partial charge is 0.510 e. The molecular weight excluding hydrogens is 472 g/mol. The third-order valence-electron chi connectivity index (χ3n) is 11.0. The molecule has 0 aromatic carbocycles. The summed E-state index contributed by atoms with van der Waals surface area (Å²) in [6, 6.07) is 0. The van der Waals surface area contributed by atoms with Crippen LogP contribution >= 0.6 is 0 Å². The maximum atomic E-state index is 14.2. The van der Waals surface area contributed by atoms with E-state index in [9.17, 15) is 35.1 Å². The molecule has 4 aliphatic rings. The maximum Gasteiger partial charge on any atom is 0.187 e. The molecule has 37 heavy (non-hydrogen) atoms. The minimum Gasteiger partial charge on any atom is -0.510 e. The third kappa shape index (κ3) is 3.68. The van der Waals surface area contributed by atoms with Gasteiger partial charge in [0.1, 0.15) is 23.2 Å². The van der Waals surface area contributed by atoms with E-state index in [0.29, 0.717) is 12.8 Å². The van der Waals surface area contributed by atoms with Crippen LogP contribution in [0.5, 0.6) is 0 Å². The average Bonchev–Trinajstić information content (AvgIpc) is 2.96. The molecule has 7 nitrogen and oxygen atoms in total. The Bertz CT molecular complexity index is 1110. The van der Waals surface area contributed by atoms with E-state index < -0.39 is 62.7 Å². The van der Waals surface area contributed by atoms with Gasteiger partial charge in [0.2, 0.25) is 0 Å². The van der Waals surface area contributed by atoms with Crippen molar-refractivity contribution in [3.8, 4) is 0 Å². The van der Waals surface area contributed by atoms with E-state index in [2.05, 4.69) is 13.0 Å². The number of hydrogen-bond acceptors (Lipinski definition) is 7. The Kier molecular flexibility index (Phi) is 6.18. The summed E-state index contributed by atoms with van der Waals surface area (Å²) in [5.74, 6) is -2.28. The first-order valence-corrected chi connectivity index (χ1v) is 13.3. The molecule has 0 aliphatic heterocycles. The highest BCUT2D eigenvalue weighted by Gasteiger charge is 2.74. The van der Waals surface area contributed by atoms with Crippen molar-refractivity contribution in [3.63, 3.8) is 0 Å². The van der Waals surface area contributed by atoms with E-state index in [4.69, 9.17) is 0 Å². The molecule has 4 rings (SSSR count). The van der Waals surface area contributed by atoms with Crippen molar-refractivity contribution in [2.24, 2.45) is 39.4 Å². The fourth-order valence-electron chi connectivity index (χ4n) is 8.70. The van der Waals surface area contributed by atoms with E-state index in [0.717, 1.165) is 5.57 Å².